The van der Waals surface area contributed by atoms with E-state index < -0.39 is 0 Å². The predicted molar refractivity (Wildman–Crippen MR) is 63.0 cm³/mol. The minimum absolute atomic E-state index is 0.0175. The number of hydrogen-bond acceptors (Lipinski definition) is 3. The van der Waals surface area contributed by atoms with Crippen molar-refractivity contribution >= 4 is 17.2 Å². The van der Waals surface area contributed by atoms with E-state index in [1.807, 2.05) is 13.0 Å². The maximum absolute atomic E-state index is 11.6. The Labute approximate surface area is 93.9 Å². The summed E-state index contributed by atoms with van der Waals surface area (Å²) in [4.78, 5) is 14.9. The summed E-state index contributed by atoms with van der Waals surface area (Å²) in [5.41, 5.74) is 6.33. The number of thiophene rings is 1. The van der Waals surface area contributed by atoms with Crippen LogP contribution in [0.4, 0.5) is 0 Å². The number of rotatable bonds is 1. The van der Waals surface area contributed by atoms with Crippen molar-refractivity contribution in [2.24, 2.45) is 5.73 Å². The van der Waals surface area contributed by atoms with Gasteiger partial charge in [-0.15, -0.1) is 11.3 Å². The van der Waals surface area contributed by atoms with Crippen LogP contribution in [0.1, 0.15) is 20.1 Å². The first-order valence-electron chi connectivity index (χ1n) is 4.57. The number of nitrogens with two attached hydrogens (primary N) is 1. The number of amides is 1. The lowest BCUT2D eigenvalue weighted by Crippen LogP contribution is -2.20. The van der Waals surface area contributed by atoms with Gasteiger partial charge in [-0.3, -0.25) is 4.79 Å². The molecule has 80 valence electrons. The maximum Gasteiger partial charge on any atom is 0.263 e. The number of carbonyl (C=O) groups is 1. The molecule has 0 spiro atoms. The fourth-order valence-electron chi connectivity index (χ4n) is 1.06. The molecule has 0 aliphatic carbocycles. The van der Waals surface area contributed by atoms with Gasteiger partial charge < -0.3 is 10.6 Å². The van der Waals surface area contributed by atoms with Crippen LogP contribution in [0.2, 0.25) is 0 Å². The van der Waals surface area contributed by atoms with Gasteiger partial charge >= 0.3 is 0 Å². The second-order valence-electron chi connectivity index (χ2n) is 3.33. The number of carbonyl (C=O) groups excluding carboxylic acids is 1. The highest BCUT2D eigenvalue weighted by Crippen LogP contribution is 2.21. The number of nitrogens with zero attached hydrogens (tertiary/aromatic N) is 1. The van der Waals surface area contributed by atoms with E-state index in [1.54, 1.807) is 19.0 Å². The second-order valence-corrected chi connectivity index (χ2v) is 4.38. The van der Waals surface area contributed by atoms with Gasteiger partial charge in [0.1, 0.15) is 0 Å². The SMILES string of the molecule is Cc1cc(C(=O)N(C)C)sc1C#CCN. The third-order valence-corrected chi connectivity index (χ3v) is 2.98. The lowest BCUT2D eigenvalue weighted by molar-refractivity contribution is 0.0832. The van der Waals surface area contributed by atoms with Crippen LogP contribution in [-0.4, -0.2) is 31.4 Å². The van der Waals surface area contributed by atoms with Gasteiger partial charge in [-0.2, -0.15) is 0 Å². The van der Waals surface area contributed by atoms with Crippen LogP contribution in [0, 0.1) is 18.8 Å². The summed E-state index contributed by atoms with van der Waals surface area (Å²) in [6, 6.07) is 1.87. The zero-order valence-corrected chi connectivity index (χ0v) is 9.94. The molecule has 4 heteroatoms. The van der Waals surface area contributed by atoms with Crippen molar-refractivity contribution in [3.05, 3.63) is 21.4 Å². The molecule has 0 saturated heterocycles. The Morgan fingerprint density at radius 3 is 2.80 bits per heavy atom. The fraction of sp³-hybridized carbons (Fsp3) is 0.364. The van der Waals surface area contributed by atoms with Crippen molar-refractivity contribution in [2.45, 2.75) is 6.92 Å². The smallest absolute Gasteiger partial charge is 0.263 e. The van der Waals surface area contributed by atoms with Gasteiger partial charge in [-0.1, -0.05) is 11.8 Å². The van der Waals surface area contributed by atoms with Crippen molar-refractivity contribution in [1.29, 1.82) is 0 Å². The Balaban J connectivity index is 3.00. The summed E-state index contributed by atoms with van der Waals surface area (Å²) in [7, 11) is 3.48. The van der Waals surface area contributed by atoms with Crippen molar-refractivity contribution in [2.75, 3.05) is 20.6 Å². The molecule has 1 heterocycles. The molecular weight excluding hydrogens is 208 g/mol. The highest BCUT2D eigenvalue weighted by Gasteiger charge is 2.12. The topological polar surface area (TPSA) is 46.3 Å². The lowest BCUT2D eigenvalue weighted by Gasteiger charge is -2.06. The van der Waals surface area contributed by atoms with E-state index in [0.29, 0.717) is 6.54 Å². The normalized spacial score (nSPS) is 9.33. The summed E-state index contributed by atoms with van der Waals surface area (Å²) in [6.45, 7) is 2.29. The summed E-state index contributed by atoms with van der Waals surface area (Å²) in [5.74, 6) is 5.77. The maximum atomic E-state index is 11.6. The van der Waals surface area contributed by atoms with Crippen LogP contribution in [0.3, 0.4) is 0 Å². The molecule has 0 fully saturated rings. The molecule has 0 saturated carbocycles. The number of hydrogen-bond donors (Lipinski definition) is 1. The highest BCUT2D eigenvalue weighted by molar-refractivity contribution is 7.14. The monoisotopic (exact) mass is 222 g/mol. The van der Waals surface area contributed by atoms with Crippen LogP contribution in [0.25, 0.3) is 0 Å². The summed E-state index contributed by atoms with van der Waals surface area (Å²) in [5, 5.41) is 0. The molecule has 2 N–H and O–H groups in total. The summed E-state index contributed by atoms with van der Waals surface area (Å²) in [6.07, 6.45) is 0. The molecule has 0 radical (unpaired) electrons. The Hall–Kier alpha value is -1.31. The molecule has 1 amide bonds. The van der Waals surface area contributed by atoms with E-state index in [4.69, 9.17) is 5.73 Å². The quantitative estimate of drug-likeness (QED) is 0.722. The molecule has 15 heavy (non-hydrogen) atoms. The molecule has 0 aliphatic rings. The standard InChI is InChI=1S/C11H14N2OS/c1-8-7-10(11(14)13(2)3)15-9(8)5-4-6-12/h7H,6,12H2,1-3H3. The molecule has 1 aromatic heterocycles. The van der Waals surface area contributed by atoms with Gasteiger partial charge in [-0.05, 0) is 18.6 Å². The van der Waals surface area contributed by atoms with Crippen LogP contribution < -0.4 is 5.73 Å². The van der Waals surface area contributed by atoms with Gasteiger partial charge in [0.05, 0.1) is 16.3 Å². The molecule has 0 aliphatic heterocycles. The molecule has 0 aromatic carbocycles. The zero-order valence-electron chi connectivity index (χ0n) is 9.13. The highest BCUT2D eigenvalue weighted by atomic mass is 32.1. The zero-order chi connectivity index (χ0) is 11.4. The van der Waals surface area contributed by atoms with E-state index in [9.17, 15) is 4.79 Å². The molecule has 3 nitrogen and oxygen atoms in total. The molecular formula is C11H14N2OS. The van der Waals surface area contributed by atoms with Gasteiger partial charge in [0.2, 0.25) is 0 Å². The average molecular weight is 222 g/mol. The third kappa shape index (κ3) is 2.82. The Morgan fingerprint density at radius 2 is 2.27 bits per heavy atom. The van der Waals surface area contributed by atoms with E-state index in [0.717, 1.165) is 15.3 Å². The van der Waals surface area contributed by atoms with E-state index in [-0.39, 0.29) is 5.91 Å². The van der Waals surface area contributed by atoms with E-state index >= 15 is 0 Å². The van der Waals surface area contributed by atoms with E-state index in [1.165, 1.54) is 11.3 Å². The minimum Gasteiger partial charge on any atom is -0.344 e. The van der Waals surface area contributed by atoms with Gasteiger partial charge in [0, 0.05) is 14.1 Å². The first-order chi connectivity index (χ1) is 7.06. The van der Waals surface area contributed by atoms with Crippen LogP contribution >= 0.6 is 11.3 Å². The van der Waals surface area contributed by atoms with Gasteiger partial charge in [0.25, 0.3) is 5.91 Å². The van der Waals surface area contributed by atoms with Crippen molar-refractivity contribution in [3.8, 4) is 11.8 Å². The van der Waals surface area contributed by atoms with Crippen LogP contribution in [-0.2, 0) is 0 Å². The molecule has 1 rings (SSSR count). The first-order valence-corrected chi connectivity index (χ1v) is 5.39. The summed E-state index contributed by atoms with van der Waals surface area (Å²) < 4.78 is 0. The van der Waals surface area contributed by atoms with Crippen molar-refractivity contribution < 1.29 is 4.79 Å². The van der Waals surface area contributed by atoms with Crippen molar-refractivity contribution in [3.63, 3.8) is 0 Å². The van der Waals surface area contributed by atoms with Crippen LogP contribution in [0.5, 0.6) is 0 Å². The Bertz CT molecular complexity index is 424. The van der Waals surface area contributed by atoms with Gasteiger partial charge in [0.15, 0.2) is 0 Å². The minimum atomic E-state index is 0.0175. The predicted octanol–water partition coefficient (Wildman–Crippen LogP) is 1.07. The van der Waals surface area contributed by atoms with Crippen LogP contribution in [0.15, 0.2) is 6.07 Å². The molecule has 0 atom stereocenters. The molecule has 0 bridgehead atoms. The van der Waals surface area contributed by atoms with Crippen molar-refractivity contribution in [1.82, 2.24) is 4.90 Å². The second kappa shape index (κ2) is 4.96. The fourth-order valence-corrected chi connectivity index (χ4v) is 2.13. The number of aryl methyl sites for hydroxylation is 1. The Kier molecular flexibility index (Phi) is 3.89. The largest absolute Gasteiger partial charge is 0.344 e. The third-order valence-electron chi connectivity index (χ3n) is 1.84. The lowest BCUT2D eigenvalue weighted by atomic mass is 10.2. The Morgan fingerprint density at radius 1 is 1.60 bits per heavy atom. The van der Waals surface area contributed by atoms with Gasteiger partial charge in [-0.25, -0.2) is 0 Å². The molecule has 1 aromatic rings. The van der Waals surface area contributed by atoms with E-state index in [2.05, 4.69) is 11.8 Å². The summed E-state index contributed by atoms with van der Waals surface area (Å²) >= 11 is 1.42. The molecule has 0 unspecified atom stereocenters. The average Bonchev–Trinajstić information content (AvgIpc) is 2.55. The first kappa shape index (κ1) is 11.8.